The van der Waals surface area contributed by atoms with Gasteiger partial charge in [0.25, 0.3) is 5.91 Å². The highest BCUT2D eigenvalue weighted by molar-refractivity contribution is 7.98. The molecule has 0 heterocycles. The number of rotatable bonds is 2. The Morgan fingerprint density at radius 3 is 2.67 bits per heavy atom. The van der Waals surface area contributed by atoms with Gasteiger partial charge < -0.3 is 5.73 Å². The van der Waals surface area contributed by atoms with Crippen molar-refractivity contribution in [1.29, 1.82) is 0 Å². The Morgan fingerprint density at radius 1 is 1.58 bits per heavy atom. The summed E-state index contributed by atoms with van der Waals surface area (Å²) in [6, 6.07) is 4.35. The quantitative estimate of drug-likeness (QED) is 0.712. The van der Waals surface area contributed by atoms with Gasteiger partial charge in [-0.1, -0.05) is 0 Å². The standard InChI is InChI=1S/C8H8FNOS/c1-12-5-2-3-6(8(10)11)7(9)4-5/h2-4H,1H3,(H2,10,11). The third-order valence-electron chi connectivity index (χ3n) is 1.44. The third kappa shape index (κ3) is 1.76. The van der Waals surface area contributed by atoms with E-state index in [4.69, 9.17) is 5.73 Å². The van der Waals surface area contributed by atoms with Crippen LogP contribution in [-0.4, -0.2) is 12.2 Å². The van der Waals surface area contributed by atoms with Crippen LogP contribution in [0.3, 0.4) is 0 Å². The van der Waals surface area contributed by atoms with E-state index < -0.39 is 11.7 Å². The SMILES string of the molecule is CSc1ccc(C(N)=O)c(F)c1. The Hall–Kier alpha value is -1.03. The maximum atomic E-state index is 13.0. The number of thioether (sulfide) groups is 1. The zero-order valence-electron chi connectivity index (χ0n) is 6.50. The Labute approximate surface area is 74.0 Å². The van der Waals surface area contributed by atoms with E-state index in [9.17, 15) is 9.18 Å². The highest BCUT2D eigenvalue weighted by Gasteiger charge is 2.07. The van der Waals surface area contributed by atoms with Crippen molar-refractivity contribution in [2.24, 2.45) is 5.73 Å². The molecular formula is C8H8FNOS. The molecule has 1 aromatic rings. The van der Waals surface area contributed by atoms with Crippen molar-refractivity contribution in [3.05, 3.63) is 29.6 Å². The summed E-state index contributed by atoms with van der Waals surface area (Å²) in [6.07, 6.45) is 1.83. The first-order valence-corrected chi connectivity index (χ1v) is 4.51. The first-order chi connectivity index (χ1) is 5.65. The van der Waals surface area contributed by atoms with Gasteiger partial charge in [-0.3, -0.25) is 4.79 Å². The molecule has 64 valence electrons. The Kier molecular flexibility index (Phi) is 2.70. The molecular weight excluding hydrogens is 177 g/mol. The van der Waals surface area contributed by atoms with Crippen molar-refractivity contribution in [2.45, 2.75) is 4.90 Å². The van der Waals surface area contributed by atoms with Crippen LogP contribution in [0.15, 0.2) is 23.1 Å². The number of amides is 1. The number of nitrogens with two attached hydrogens (primary N) is 1. The number of halogens is 1. The van der Waals surface area contributed by atoms with Gasteiger partial charge in [0.15, 0.2) is 0 Å². The summed E-state index contributed by atoms with van der Waals surface area (Å²) < 4.78 is 13.0. The number of hydrogen-bond donors (Lipinski definition) is 1. The van der Waals surface area contributed by atoms with Gasteiger partial charge in [-0.2, -0.15) is 0 Å². The second kappa shape index (κ2) is 3.58. The summed E-state index contributed by atoms with van der Waals surface area (Å²) in [6.45, 7) is 0. The minimum absolute atomic E-state index is 0.0622. The van der Waals surface area contributed by atoms with E-state index in [0.29, 0.717) is 0 Å². The first kappa shape index (κ1) is 9.06. The van der Waals surface area contributed by atoms with E-state index in [1.54, 1.807) is 6.07 Å². The number of carbonyl (C=O) groups excluding carboxylic acids is 1. The molecule has 0 bridgehead atoms. The van der Waals surface area contributed by atoms with E-state index in [1.165, 1.54) is 23.9 Å². The van der Waals surface area contributed by atoms with Crippen molar-refractivity contribution in [2.75, 3.05) is 6.26 Å². The largest absolute Gasteiger partial charge is 0.366 e. The Balaban J connectivity index is 3.12. The summed E-state index contributed by atoms with van der Waals surface area (Å²) in [5, 5.41) is 0. The highest BCUT2D eigenvalue weighted by atomic mass is 32.2. The molecule has 0 aliphatic carbocycles. The predicted molar refractivity (Wildman–Crippen MR) is 46.7 cm³/mol. The smallest absolute Gasteiger partial charge is 0.251 e. The summed E-state index contributed by atoms with van der Waals surface area (Å²) in [4.78, 5) is 11.4. The maximum absolute atomic E-state index is 13.0. The van der Waals surface area contributed by atoms with Gasteiger partial charge in [-0.25, -0.2) is 4.39 Å². The number of carbonyl (C=O) groups is 1. The number of hydrogen-bond acceptors (Lipinski definition) is 2. The van der Waals surface area contributed by atoms with E-state index in [-0.39, 0.29) is 5.56 Å². The molecule has 1 rings (SSSR count). The monoisotopic (exact) mass is 185 g/mol. The van der Waals surface area contributed by atoms with Crippen LogP contribution in [0.25, 0.3) is 0 Å². The second-order valence-corrected chi connectivity index (χ2v) is 3.09. The molecule has 12 heavy (non-hydrogen) atoms. The molecule has 0 atom stereocenters. The average Bonchev–Trinajstić information content (AvgIpc) is 2.03. The molecule has 0 aliphatic heterocycles. The van der Waals surface area contributed by atoms with Gasteiger partial charge >= 0.3 is 0 Å². The van der Waals surface area contributed by atoms with Crippen LogP contribution >= 0.6 is 11.8 Å². The molecule has 0 radical (unpaired) electrons. The zero-order valence-corrected chi connectivity index (χ0v) is 7.32. The molecule has 0 spiro atoms. The minimum Gasteiger partial charge on any atom is -0.366 e. The molecule has 4 heteroatoms. The molecule has 1 amide bonds. The zero-order chi connectivity index (χ0) is 9.14. The van der Waals surface area contributed by atoms with Gasteiger partial charge in [0.1, 0.15) is 5.82 Å². The molecule has 2 nitrogen and oxygen atoms in total. The van der Waals surface area contributed by atoms with Gasteiger partial charge in [-0.05, 0) is 24.5 Å². The van der Waals surface area contributed by atoms with Crippen LogP contribution in [0.1, 0.15) is 10.4 Å². The van der Waals surface area contributed by atoms with Crippen LogP contribution in [0, 0.1) is 5.82 Å². The normalized spacial score (nSPS) is 9.83. The molecule has 0 aromatic heterocycles. The Bertz CT molecular complexity index is 314. The van der Waals surface area contributed by atoms with Crippen LogP contribution in [0.2, 0.25) is 0 Å². The highest BCUT2D eigenvalue weighted by Crippen LogP contribution is 2.17. The predicted octanol–water partition coefficient (Wildman–Crippen LogP) is 1.65. The van der Waals surface area contributed by atoms with Crippen LogP contribution in [-0.2, 0) is 0 Å². The molecule has 0 unspecified atom stereocenters. The average molecular weight is 185 g/mol. The molecule has 1 aromatic carbocycles. The topological polar surface area (TPSA) is 43.1 Å². The van der Waals surface area contributed by atoms with Crippen molar-refractivity contribution >= 4 is 17.7 Å². The third-order valence-corrected chi connectivity index (χ3v) is 2.17. The summed E-state index contributed by atoms with van der Waals surface area (Å²) in [5.74, 6) is -1.30. The van der Waals surface area contributed by atoms with Crippen molar-refractivity contribution in [1.82, 2.24) is 0 Å². The van der Waals surface area contributed by atoms with E-state index >= 15 is 0 Å². The summed E-state index contributed by atoms with van der Waals surface area (Å²) in [7, 11) is 0. The molecule has 0 aliphatic rings. The lowest BCUT2D eigenvalue weighted by Gasteiger charge is -1.99. The van der Waals surface area contributed by atoms with Gasteiger partial charge in [0.2, 0.25) is 0 Å². The van der Waals surface area contributed by atoms with Crippen molar-refractivity contribution < 1.29 is 9.18 Å². The summed E-state index contributed by atoms with van der Waals surface area (Å²) >= 11 is 1.41. The van der Waals surface area contributed by atoms with E-state index in [1.807, 2.05) is 6.26 Å². The Morgan fingerprint density at radius 2 is 2.25 bits per heavy atom. The lowest BCUT2D eigenvalue weighted by molar-refractivity contribution is 0.0996. The van der Waals surface area contributed by atoms with Crippen molar-refractivity contribution in [3.8, 4) is 0 Å². The lowest BCUT2D eigenvalue weighted by atomic mass is 10.2. The molecule has 0 saturated heterocycles. The lowest BCUT2D eigenvalue weighted by Crippen LogP contribution is -2.12. The first-order valence-electron chi connectivity index (χ1n) is 3.28. The second-order valence-electron chi connectivity index (χ2n) is 2.21. The minimum atomic E-state index is -0.736. The molecule has 2 N–H and O–H groups in total. The fraction of sp³-hybridized carbons (Fsp3) is 0.125. The van der Waals surface area contributed by atoms with Crippen molar-refractivity contribution in [3.63, 3.8) is 0 Å². The van der Waals surface area contributed by atoms with Crippen LogP contribution in [0.5, 0.6) is 0 Å². The van der Waals surface area contributed by atoms with Gasteiger partial charge in [0, 0.05) is 4.90 Å². The summed E-state index contributed by atoms with van der Waals surface area (Å²) in [5.41, 5.74) is 4.86. The molecule has 0 saturated carbocycles. The maximum Gasteiger partial charge on any atom is 0.251 e. The van der Waals surface area contributed by atoms with E-state index in [2.05, 4.69) is 0 Å². The fourth-order valence-corrected chi connectivity index (χ4v) is 1.25. The fourth-order valence-electron chi connectivity index (χ4n) is 0.823. The number of benzene rings is 1. The van der Waals surface area contributed by atoms with E-state index in [0.717, 1.165) is 4.90 Å². The number of primary amides is 1. The van der Waals surface area contributed by atoms with Crippen LogP contribution in [0.4, 0.5) is 4.39 Å². The molecule has 0 fully saturated rings. The van der Waals surface area contributed by atoms with Gasteiger partial charge in [-0.15, -0.1) is 11.8 Å². The van der Waals surface area contributed by atoms with Crippen LogP contribution < -0.4 is 5.73 Å². The van der Waals surface area contributed by atoms with Gasteiger partial charge in [0.05, 0.1) is 5.56 Å².